The van der Waals surface area contributed by atoms with Crippen LogP contribution in [0.2, 0.25) is 0 Å². The minimum Gasteiger partial charge on any atom is -0.501 e. The molecular formula is C22H18N6O5. The van der Waals surface area contributed by atoms with Crippen LogP contribution in [0.25, 0.3) is 0 Å². The molecule has 2 atom stereocenters. The average Bonchev–Trinajstić information content (AvgIpc) is 3.53. The molecule has 2 unspecified atom stereocenters. The van der Waals surface area contributed by atoms with E-state index in [4.69, 9.17) is 4.42 Å². The Labute approximate surface area is 186 Å². The zero-order valence-corrected chi connectivity index (χ0v) is 17.6. The van der Waals surface area contributed by atoms with Crippen molar-refractivity contribution in [3.8, 4) is 11.8 Å². The first-order valence-electron chi connectivity index (χ1n) is 9.80. The minimum atomic E-state index is -0.808. The first kappa shape index (κ1) is 21.5. The van der Waals surface area contributed by atoms with Gasteiger partial charge in [-0.05, 0) is 11.6 Å². The molecule has 4 rings (SSSR count). The second kappa shape index (κ2) is 8.80. The zero-order valence-electron chi connectivity index (χ0n) is 17.6. The van der Waals surface area contributed by atoms with Gasteiger partial charge in [-0.3, -0.25) is 14.2 Å². The average molecular weight is 446 g/mol. The molecule has 4 aromatic rings. The van der Waals surface area contributed by atoms with Crippen LogP contribution in [-0.2, 0) is 7.05 Å². The van der Waals surface area contributed by atoms with Crippen LogP contribution in [0.3, 0.4) is 0 Å². The minimum absolute atomic E-state index is 0.203. The second-order valence-corrected chi connectivity index (χ2v) is 7.28. The third kappa shape index (κ3) is 3.97. The SMILES string of the molecule is CC(c1nc(C(=O)Nc2cnoc2)c(O)c(=O)n1C)C(c1cocn1)c1ccccc1C#N. The summed E-state index contributed by atoms with van der Waals surface area (Å²) >= 11 is 0. The molecule has 2 N–H and O–H groups in total. The Kier molecular flexibility index (Phi) is 5.73. The van der Waals surface area contributed by atoms with Crippen molar-refractivity contribution in [2.75, 3.05) is 5.32 Å². The quantitative estimate of drug-likeness (QED) is 0.453. The largest absolute Gasteiger partial charge is 0.501 e. The number of carbonyl (C=O) groups excluding carboxylic acids is 1. The molecule has 0 spiro atoms. The molecule has 166 valence electrons. The number of nitrogens with one attached hydrogen (secondary N) is 1. The number of anilines is 1. The molecular weight excluding hydrogens is 428 g/mol. The van der Waals surface area contributed by atoms with Gasteiger partial charge >= 0.3 is 0 Å². The maximum atomic E-state index is 12.8. The Morgan fingerprint density at radius 1 is 1.30 bits per heavy atom. The lowest BCUT2D eigenvalue weighted by atomic mass is 9.82. The van der Waals surface area contributed by atoms with Gasteiger partial charge in [0.25, 0.3) is 11.5 Å². The van der Waals surface area contributed by atoms with E-state index in [0.29, 0.717) is 16.8 Å². The van der Waals surface area contributed by atoms with E-state index in [9.17, 15) is 20.0 Å². The highest BCUT2D eigenvalue weighted by molar-refractivity contribution is 6.04. The van der Waals surface area contributed by atoms with Crippen LogP contribution in [0.15, 0.2) is 63.1 Å². The molecule has 11 heteroatoms. The maximum absolute atomic E-state index is 12.8. The molecule has 1 amide bonds. The number of hydrogen-bond acceptors (Lipinski definition) is 9. The Hall–Kier alpha value is -4.72. The lowest BCUT2D eigenvalue weighted by Crippen LogP contribution is -2.29. The number of aromatic hydroxyl groups is 1. The van der Waals surface area contributed by atoms with E-state index in [1.807, 2.05) is 0 Å². The number of oxazole rings is 1. The van der Waals surface area contributed by atoms with E-state index >= 15 is 0 Å². The molecule has 0 aliphatic heterocycles. The fourth-order valence-electron chi connectivity index (χ4n) is 3.71. The number of carbonyl (C=O) groups is 1. The lowest BCUT2D eigenvalue weighted by molar-refractivity contribution is 0.101. The number of hydrogen-bond donors (Lipinski definition) is 2. The molecule has 0 bridgehead atoms. The highest BCUT2D eigenvalue weighted by atomic mass is 16.5. The van der Waals surface area contributed by atoms with Crippen molar-refractivity contribution in [2.24, 2.45) is 7.05 Å². The van der Waals surface area contributed by atoms with Gasteiger partial charge in [0.2, 0.25) is 5.75 Å². The van der Waals surface area contributed by atoms with Crippen molar-refractivity contribution in [1.29, 1.82) is 5.26 Å². The molecule has 0 aliphatic carbocycles. The predicted molar refractivity (Wildman–Crippen MR) is 114 cm³/mol. The van der Waals surface area contributed by atoms with E-state index in [0.717, 1.165) is 4.57 Å². The van der Waals surface area contributed by atoms with Crippen LogP contribution in [0.1, 0.15) is 51.9 Å². The zero-order chi connectivity index (χ0) is 23.5. The van der Waals surface area contributed by atoms with Gasteiger partial charge < -0.3 is 19.4 Å². The maximum Gasteiger partial charge on any atom is 0.296 e. The van der Waals surface area contributed by atoms with Crippen molar-refractivity contribution >= 4 is 11.6 Å². The van der Waals surface area contributed by atoms with E-state index in [2.05, 4.69) is 31.0 Å². The second-order valence-electron chi connectivity index (χ2n) is 7.28. The van der Waals surface area contributed by atoms with Crippen LogP contribution < -0.4 is 10.9 Å². The molecule has 3 aromatic heterocycles. The molecule has 0 radical (unpaired) electrons. The summed E-state index contributed by atoms with van der Waals surface area (Å²) in [6, 6.07) is 9.16. The van der Waals surface area contributed by atoms with Crippen molar-refractivity contribution < 1.29 is 18.8 Å². The van der Waals surface area contributed by atoms with Gasteiger partial charge in [0, 0.05) is 18.9 Å². The number of amides is 1. The number of aromatic nitrogens is 4. The van der Waals surface area contributed by atoms with Gasteiger partial charge in [-0.1, -0.05) is 30.3 Å². The molecule has 0 saturated heterocycles. The van der Waals surface area contributed by atoms with Crippen molar-refractivity contribution in [1.82, 2.24) is 19.7 Å². The van der Waals surface area contributed by atoms with Crippen molar-refractivity contribution in [3.05, 3.63) is 88.1 Å². The summed E-state index contributed by atoms with van der Waals surface area (Å²) in [5.74, 6) is -2.48. The number of nitrogens with zero attached hydrogens (tertiary/aromatic N) is 5. The van der Waals surface area contributed by atoms with Crippen LogP contribution in [0.5, 0.6) is 5.75 Å². The highest BCUT2D eigenvalue weighted by Crippen LogP contribution is 2.38. The summed E-state index contributed by atoms with van der Waals surface area (Å²) in [6.45, 7) is 1.79. The number of benzene rings is 1. The molecule has 1 aromatic carbocycles. The summed E-state index contributed by atoms with van der Waals surface area (Å²) in [5.41, 5.74) is 0.581. The third-order valence-corrected chi connectivity index (χ3v) is 5.30. The van der Waals surface area contributed by atoms with Crippen LogP contribution in [0, 0.1) is 11.3 Å². The molecule has 11 nitrogen and oxygen atoms in total. The lowest BCUT2D eigenvalue weighted by Gasteiger charge is -2.25. The van der Waals surface area contributed by atoms with Gasteiger partial charge in [-0.15, -0.1) is 0 Å². The summed E-state index contributed by atoms with van der Waals surface area (Å²) in [6.07, 6.45) is 5.18. The highest BCUT2D eigenvalue weighted by Gasteiger charge is 2.32. The van der Waals surface area contributed by atoms with Gasteiger partial charge in [0.15, 0.2) is 12.1 Å². The monoisotopic (exact) mass is 446 g/mol. The van der Waals surface area contributed by atoms with Gasteiger partial charge in [-0.25, -0.2) is 9.97 Å². The molecule has 0 fully saturated rings. The van der Waals surface area contributed by atoms with Crippen molar-refractivity contribution in [3.63, 3.8) is 0 Å². The molecule has 0 aliphatic rings. The van der Waals surface area contributed by atoms with Gasteiger partial charge in [0.05, 0.1) is 23.5 Å². The standard InChI is InChI=1S/C22H18N6O5/c1-12(17(16-10-32-11-24-16)15-6-4-3-5-13(15)7-23)20-27-18(19(29)22(31)28(20)2)21(30)26-14-8-25-33-9-14/h3-6,8-12,17,29H,1-2H3,(H,26,30). The summed E-state index contributed by atoms with van der Waals surface area (Å²) < 4.78 is 11.0. The predicted octanol–water partition coefficient (Wildman–Crippen LogP) is 2.52. The summed E-state index contributed by atoms with van der Waals surface area (Å²) in [4.78, 5) is 34.1. The van der Waals surface area contributed by atoms with Gasteiger partial charge in [-0.2, -0.15) is 5.26 Å². The number of nitriles is 1. The smallest absolute Gasteiger partial charge is 0.296 e. The normalized spacial score (nSPS) is 12.6. The van der Waals surface area contributed by atoms with E-state index in [1.54, 1.807) is 31.2 Å². The Bertz CT molecular complexity index is 1390. The molecule has 33 heavy (non-hydrogen) atoms. The number of rotatable bonds is 6. The first-order valence-corrected chi connectivity index (χ1v) is 9.80. The van der Waals surface area contributed by atoms with Crippen molar-refractivity contribution in [2.45, 2.75) is 18.8 Å². The van der Waals surface area contributed by atoms with Crippen LogP contribution in [-0.4, -0.2) is 30.7 Å². The Morgan fingerprint density at radius 2 is 2.09 bits per heavy atom. The van der Waals surface area contributed by atoms with Gasteiger partial charge in [0.1, 0.15) is 24.0 Å². The first-order chi connectivity index (χ1) is 15.9. The molecule has 3 heterocycles. The fourth-order valence-corrected chi connectivity index (χ4v) is 3.71. The third-order valence-electron chi connectivity index (χ3n) is 5.30. The van der Waals surface area contributed by atoms with E-state index in [1.165, 1.54) is 32.2 Å². The Morgan fingerprint density at radius 3 is 2.76 bits per heavy atom. The summed E-state index contributed by atoms with van der Waals surface area (Å²) in [7, 11) is 1.44. The van der Waals surface area contributed by atoms with E-state index in [-0.39, 0.29) is 11.5 Å². The summed E-state index contributed by atoms with van der Waals surface area (Å²) in [5, 5.41) is 25.9. The van der Waals surface area contributed by atoms with Crippen LogP contribution >= 0.6 is 0 Å². The molecule has 0 saturated carbocycles. The Balaban J connectivity index is 1.84. The van der Waals surface area contributed by atoms with Crippen LogP contribution in [0.4, 0.5) is 5.69 Å². The topological polar surface area (TPSA) is 160 Å². The van der Waals surface area contributed by atoms with E-state index < -0.39 is 34.7 Å². The fraction of sp³-hybridized carbons (Fsp3) is 0.182.